The van der Waals surface area contributed by atoms with E-state index in [1.54, 1.807) is 0 Å². The van der Waals surface area contributed by atoms with Gasteiger partial charge in [0.15, 0.2) is 0 Å². The predicted octanol–water partition coefficient (Wildman–Crippen LogP) is 2.94. The Morgan fingerprint density at radius 1 is 1.40 bits per heavy atom. The van der Waals surface area contributed by atoms with Crippen LogP contribution in [0, 0.1) is 5.92 Å². The molecule has 1 aromatic carbocycles. The molecule has 110 valence electrons. The lowest BCUT2D eigenvalue weighted by atomic mass is 9.94. The lowest BCUT2D eigenvalue weighted by Gasteiger charge is -2.33. The van der Waals surface area contributed by atoms with Crippen LogP contribution in [0.4, 0.5) is 0 Å². The number of nitrogens with two attached hydrogens (primary N) is 1. The number of piperidine rings is 1. The summed E-state index contributed by atoms with van der Waals surface area (Å²) >= 11 is 3.63. The van der Waals surface area contributed by atoms with E-state index in [1.165, 1.54) is 41.5 Å². The van der Waals surface area contributed by atoms with Crippen LogP contribution in [0.25, 0.3) is 0 Å². The Kier molecular flexibility index (Phi) is 4.64. The summed E-state index contributed by atoms with van der Waals surface area (Å²) < 4.78 is 7.01. The van der Waals surface area contributed by atoms with Gasteiger partial charge in [-0.3, -0.25) is 4.90 Å². The fourth-order valence-corrected chi connectivity index (χ4v) is 4.02. The fraction of sp³-hybridized carbons (Fsp3) is 0.625. The number of likely N-dealkylation sites (tertiary alicyclic amines) is 1. The second kappa shape index (κ2) is 6.46. The number of nitrogens with zero attached hydrogens (tertiary/aromatic N) is 1. The van der Waals surface area contributed by atoms with Crippen LogP contribution in [0.5, 0.6) is 5.75 Å². The lowest BCUT2D eigenvalue weighted by molar-refractivity contribution is 0.161. The highest BCUT2D eigenvalue weighted by atomic mass is 79.9. The van der Waals surface area contributed by atoms with Crippen molar-refractivity contribution < 1.29 is 4.74 Å². The molecule has 1 saturated heterocycles. The number of hydrogen-bond acceptors (Lipinski definition) is 3. The van der Waals surface area contributed by atoms with Crippen LogP contribution < -0.4 is 10.5 Å². The van der Waals surface area contributed by atoms with E-state index in [1.807, 2.05) is 0 Å². The smallest absolute Gasteiger partial charge is 0.127 e. The Hall–Kier alpha value is -0.580. The summed E-state index contributed by atoms with van der Waals surface area (Å²) in [4.78, 5) is 2.56. The van der Waals surface area contributed by atoms with Crippen molar-refractivity contribution in [3.05, 3.63) is 27.7 Å². The predicted molar refractivity (Wildman–Crippen MR) is 85.0 cm³/mol. The lowest BCUT2D eigenvalue weighted by Crippen LogP contribution is -2.35. The number of rotatable bonds is 4. The van der Waals surface area contributed by atoms with Crippen LogP contribution in [0.15, 0.2) is 16.6 Å². The zero-order chi connectivity index (χ0) is 13.9. The maximum absolute atomic E-state index is 5.83. The first-order valence-corrected chi connectivity index (χ1v) is 8.42. The van der Waals surface area contributed by atoms with Gasteiger partial charge in [0.1, 0.15) is 5.75 Å². The molecular weight excluding hydrogens is 316 g/mol. The molecule has 0 aliphatic carbocycles. The number of benzene rings is 1. The van der Waals surface area contributed by atoms with Crippen molar-refractivity contribution in [2.24, 2.45) is 11.7 Å². The Bertz CT molecular complexity index is 476. The average Bonchev–Trinajstić information content (AvgIpc) is 2.87. The van der Waals surface area contributed by atoms with Crippen molar-refractivity contribution in [2.45, 2.75) is 32.2 Å². The molecule has 0 bridgehead atoms. The monoisotopic (exact) mass is 338 g/mol. The van der Waals surface area contributed by atoms with Crippen molar-refractivity contribution in [2.75, 3.05) is 26.2 Å². The Morgan fingerprint density at radius 2 is 2.30 bits per heavy atom. The highest BCUT2D eigenvalue weighted by Gasteiger charge is 2.23. The molecule has 0 amide bonds. The number of hydrogen-bond donors (Lipinski definition) is 1. The van der Waals surface area contributed by atoms with E-state index in [0.29, 0.717) is 0 Å². The molecular formula is C16H23BrN2O. The van der Waals surface area contributed by atoms with Crippen LogP contribution in [0.3, 0.4) is 0 Å². The van der Waals surface area contributed by atoms with Gasteiger partial charge < -0.3 is 10.5 Å². The standard InChI is InChI=1S/C16H23BrN2O/c17-15-8-13-4-7-20-16(13)14(9-15)11-19-6-1-2-12(10-19)3-5-18/h8-9,12H,1-7,10-11,18H2. The first-order chi connectivity index (χ1) is 9.76. The number of halogens is 1. The zero-order valence-electron chi connectivity index (χ0n) is 11.9. The van der Waals surface area contributed by atoms with Gasteiger partial charge in [-0.1, -0.05) is 15.9 Å². The minimum Gasteiger partial charge on any atom is -0.493 e. The van der Waals surface area contributed by atoms with Crippen LogP contribution in [0.1, 0.15) is 30.4 Å². The molecule has 0 spiro atoms. The summed E-state index contributed by atoms with van der Waals surface area (Å²) in [5, 5.41) is 0. The zero-order valence-corrected chi connectivity index (χ0v) is 13.5. The summed E-state index contributed by atoms with van der Waals surface area (Å²) in [6.45, 7) is 5.02. The molecule has 0 aromatic heterocycles. The maximum Gasteiger partial charge on any atom is 0.127 e. The summed E-state index contributed by atoms with van der Waals surface area (Å²) in [5.74, 6) is 1.91. The van der Waals surface area contributed by atoms with Gasteiger partial charge in [0, 0.05) is 29.5 Å². The quantitative estimate of drug-likeness (QED) is 0.917. The molecule has 1 atom stereocenters. The molecule has 2 N–H and O–H groups in total. The SMILES string of the molecule is NCCC1CCCN(Cc2cc(Br)cc3c2OCC3)C1. The molecule has 3 rings (SSSR count). The van der Waals surface area contributed by atoms with Crippen molar-refractivity contribution in [3.8, 4) is 5.75 Å². The van der Waals surface area contributed by atoms with Crippen molar-refractivity contribution in [1.82, 2.24) is 4.90 Å². The highest BCUT2D eigenvalue weighted by Crippen LogP contribution is 2.34. The second-order valence-electron chi connectivity index (χ2n) is 5.97. The van der Waals surface area contributed by atoms with Crippen molar-refractivity contribution in [3.63, 3.8) is 0 Å². The molecule has 20 heavy (non-hydrogen) atoms. The topological polar surface area (TPSA) is 38.5 Å². The maximum atomic E-state index is 5.83. The minimum atomic E-state index is 0.773. The molecule has 1 aromatic rings. The van der Waals surface area contributed by atoms with E-state index in [9.17, 15) is 0 Å². The third-order valence-electron chi connectivity index (χ3n) is 4.40. The van der Waals surface area contributed by atoms with Crippen molar-refractivity contribution in [1.29, 1.82) is 0 Å². The molecule has 4 heteroatoms. The van der Waals surface area contributed by atoms with Gasteiger partial charge >= 0.3 is 0 Å². The van der Waals surface area contributed by atoms with Crippen LogP contribution >= 0.6 is 15.9 Å². The van der Waals surface area contributed by atoms with Crippen LogP contribution in [0.2, 0.25) is 0 Å². The van der Waals surface area contributed by atoms with Gasteiger partial charge in [0.05, 0.1) is 6.61 Å². The van der Waals surface area contributed by atoms with Gasteiger partial charge in [0.2, 0.25) is 0 Å². The fourth-order valence-electron chi connectivity index (χ4n) is 3.47. The van der Waals surface area contributed by atoms with E-state index in [4.69, 9.17) is 10.5 Å². The summed E-state index contributed by atoms with van der Waals surface area (Å²) in [7, 11) is 0. The van der Waals surface area contributed by atoms with E-state index < -0.39 is 0 Å². The van der Waals surface area contributed by atoms with Gasteiger partial charge in [-0.25, -0.2) is 0 Å². The van der Waals surface area contributed by atoms with Gasteiger partial charge in [-0.05, 0) is 56.0 Å². The molecule has 0 radical (unpaired) electrons. The summed E-state index contributed by atoms with van der Waals surface area (Å²) in [6, 6.07) is 4.41. The van der Waals surface area contributed by atoms with E-state index >= 15 is 0 Å². The van der Waals surface area contributed by atoms with Crippen LogP contribution in [-0.2, 0) is 13.0 Å². The van der Waals surface area contributed by atoms with Crippen molar-refractivity contribution >= 4 is 15.9 Å². The highest BCUT2D eigenvalue weighted by molar-refractivity contribution is 9.10. The largest absolute Gasteiger partial charge is 0.493 e. The molecule has 1 unspecified atom stereocenters. The second-order valence-corrected chi connectivity index (χ2v) is 6.89. The first-order valence-electron chi connectivity index (χ1n) is 7.63. The Balaban J connectivity index is 1.71. The van der Waals surface area contributed by atoms with E-state index in [2.05, 4.69) is 33.0 Å². The third kappa shape index (κ3) is 3.18. The molecule has 2 aliphatic heterocycles. The summed E-state index contributed by atoms with van der Waals surface area (Å²) in [6.07, 6.45) is 4.82. The van der Waals surface area contributed by atoms with Gasteiger partial charge in [0.25, 0.3) is 0 Å². The molecule has 2 heterocycles. The van der Waals surface area contributed by atoms with Gasteiger partial charge in [-0.15, -0.1) is 0 Å². The summed E-state index contributed by atoms with van der Waals surface area (Å²) in [5.41, 5.74) is 8.39. The van der Waals surface area contributed by atoms with Gasteiger partial charge in [-0.2, -0.15) is 0 Å². The first kappa shape index (κ1) is 14.4. The molecule has 3 nitrogen and oxygen atoms in total. The third-order valence-corrected chi connectivity index (χ3v) is 4.86. The molecule has 0 saturated carbocycles. The Morgan fingerprint density at radius 3 is 3.15 bits per heavy atom. The molecule has 1 fully saturated rings. The average molecular weight is 339 g/mol. The van der Waals surface area contributed by atoms with Crippen LogP contribution in [-0.4, -0.2) is 31.1 Å². The molecule has 2 aliphatic rings. The minimum absolute atomic E-state index is 0.773. The normalized spacial score (nSPS) is 22.6. The number of ether oxygens (including phenoxy) is 1. The number of fused-ring (bicyclic) bond motifs is 1. The van der Waals surface area contributed by atoms with E-state index in [-0.39, 0.29) is 0 Å². The van der Waals surface area contributed by atoms with E-state index in [0.717, 1.165) is 44.2 Å². The Labute approximate surface area is 129 Å².